The predicted octanol–water partition coefficient (Wildman–Crippen LogP) is 3.00. The average Bonchev–Trinajstić information content (AvgIpc) is 3.02. The van der Waals surface area contributed by atoms with Crippen molar-refractivity contribution >= 4 is 12.0 Å². The highest BCUT2D eigenvalue weighted by Crippen LogP contribution is 2.31. The Morgan fingerprint density at radius 2 is 2.11 bits per heavy atom. The normalized spacial score (nSPS) is 16.4. The molecule has 0 fully saturated rings. The number of ether oxygens (including phenoxy) is 1. The van der Waals surface area contributed by atoms with Gasteiger partial charge in [-0.2, -0.15) is 0 Å². The average molecular weight is 383 g/mol. The molecule has 3 N–H and O–H groups in total. The van der Waals surface area contributed by atoms with E-state index in [2.05, 4.69) is 15.4 Å². The minimum absolute atomic E-state index is 0.173. The first kappa shape index (κ1) is 18.6. The molecule has 2 amide bonds. The lowest BCUT2D eigenvalue weighted by Gasteiger charge is -2.26. The van der Waals surface area contributed by atoms with E-state index in [1.165, 1.54) is 18.2 Å². The van der Waals surface area contributed by atoms with Crippen LogP contribution in [0.1, 0.15) is 23.0 Å². The van der Waals surface area contributed by atoms with E-state index in [4.69, 9.17) is 5.11 Å². The van der Waals surface area contributed by atoms with Gasteiger partial charge in [-0.3, -0.25) is 4.79 Å². The van der Waals surface area contributed by atoms with Crippen LogP contribution >= 0.6 is 0 Å². The van der Waals surface area contributed by atoms with E-state index < -0.39 is 12.5 Å². The quantitative estimate of drug-likeness (QED) is 0.740. The van der Waals surface area contributed by atoms with Gasteiger partial charge < -0.3 is 25.0 Å². The first-order valence-corrected chi connectivity index (χ1v) is 8.06. The van der Waals surface area contributed by atoms with Crippen molar-refractivity contribution in [2.24, 2.45) is 0 Å². The number of alkyl halides is 3. The molecular weight excluding hydrogens is 367 g/mol. The Morgan fingerprint density at radius 1 is 1.33 bits per heavy atom. The highest BCUT2D eigenvalue weighted by atomic mass is 19.4. The van der Waals surface area contributed by atoms with Crippen LogP contribution in [0.4, 0.5) is 18.0 Å². The van der Waals surface area contributed by atoms with Gasteiger partial charge in [0.05, 0.1) is 6.04 Å². The second-order valence-corrected chi connectivity index (χ2v) is 5.98. The Bertz CT molecular complexity index is 863. The molecule has 1 aromatic heterocycles. The maximum atomic E-state index is 12.4. The summed E-state index contributed by atoms with van der Waals surface area (Å²) in [4.78, 5) is 22.7. The standard InChI is InChI=1S/C17H16F3N3O4/c18-17(19,20)27-13-3-1-2-10(6-13)11-7-14-15(24)22-8-12(23(14)9-11)4-5-21-16(25)26/h1-3,6-7,9,12,21H,4-5,8H2,(H,22,24)(H,25,26). The Balaban J connectivity index is 1.86. The summed E-state index contributed by atoms with van der Waals surface area (Å²) in [7, 11) is 0. The third kappa shape index (κ3) is 4.52. The van der Waals surface area contributed by atoms with Crippen LogP contribution in [0.3, 0.4) is 0 Å². The molecule has 1 aliphatic heterocycles. The van der Waals surface area contributed by atoms with E-state index in [-0.39, 0.29) is 24.2 Å². The monoisotopic (exact) mass is 383 g/mol. The molecule has 144 valence electrons. The molecule has 2 aromatic rings. The molecule has 1 aromatic carbocycles. The lowest BCUT2D eigenvalue weighted by Crippen LogP contribution is -2.39. The molecule has 1 atom stereocenters. The van der Waals surface area contributed by atoms with Gasteiger partial charge >= 0.3 is 12.5 Å². The van der Waals surface area contributed by atoms with Gasteiger partial charge in [-0.15, -0.1) is 13.2 Å². The van der Waals surface area contributed by atoms with Crippen molar-refractivity contribution in [2.45, 2.75) is 18.8 Å². The zero-order valence-electron chi connectivity index (χ0n) is 13.9. The van der Waals surface area contributed by atoms with E-state index in [1.54, 1.807) is 22.9 Å². The third-order valence-electron chi connectivity index (χ3n) is 4.13. The van der Waals surface area contributed by atoms with Gasteiger partial charge in [0.2, 0.25) is 0 Å². The summed E-state index contributed by atoms with van der Waals surface area (Å²) >= 11 is 0. The molecular formula is C17H16F3N3O4. The second-order valence-electron chi connectivity index (χ2n) is 5.98. The highest BCUT2D eigenvalue weighted by Gasteiger charge is 2.31. The van der Waals surface area contributed by atoms with Crippen LogP contribution in [0, 0.1) is 0 Å². The molecule has 1 aliphatic rings. The van der Waals surface area contributed by atoms with Crippen molar-refractivity contribution in [3.05, 3.63) is 42.2 Å². The van der Waals surface area contributed by atoms with E-state index in [0.717, 1.165) is 0 Å². The number of fused-ring (bicyclic) bond motifs is 1. The maximum Gasteiger partial charge on any atom is 0.573 e. The maximum absolute atomic E-state index is 12.4. The number of benzene rings is 1. The Kier molecular flexibility index (Phi) is 4.98. The predicted molar refractivity (Wildman–Crippen MR) is 88.6 cm³/mol. The number of amides is 2. The van der Waals surface area contributed by atoms with Crippen LogP contribution in [0.5, 0.6) is 5.75 Å². The zero-order chi connectivity index (χ0) is 19.6. The fourth-order valence-corrected chi connectivity index (χ4v) is 2.98. The number of hydrogen-bond donors (Lipinski definition) is 3. The molecule has 7 nitrogen and oxygen atoms in total. The summed E-state index contributed by atoms with van der Waals surface area (Å²) in [6, 6.07) is 6.89. The van der Waals surface area contributed by atoms with Crippen molar-refractivity contribution in [1.29, 1.82) is 0 Å². The van der Waals surface area contributed by atoms with Gasteiger partial charge in [-0.1, -0.05) is 12.1 Å². The van der Waals surface area contributed by atoms with Crippen molar-refractivity contribution in [1.82, 2.24) is 15.2 Å². The van der Waals surface area contributed by atoms with Crippen molar-refractivity contribution < 1.29 is 32.6 Å². The summed E-state index contributed by atoms with van der Waals surface area (Å²) < 4.78 is 42.9. The molecule has 0 spiro atoms. The first-order valence-electron chi connectivity index (χ1n) is 8.06. The number of nitrogens with zero attached hydrogens (tertiary/aromatic N) is 1. The smallest absolute Gasteiger partial charge is 0.465 e. The number of rotatable bonds is 5. The number of carboxylic acid groups (broad SMARTS) is 1. The second kappa shape index (κ2) is 7.22. The molecule has 0 radical (unpaired) electrons. The van der Waals surface area contributed by atoms with Gasteiger partial charge in [0.25, 0.3) is 5.91 Å². The first-order chi connectivity index (χ1) is 12.7. The summed E-state index contributed by atoms with van der Waals surface area (Å²) in [5.74, 6) is -0.651. The fourth-order valence-electron chi connectivity index (χ4n) is 2.98. The minimum Gasteiger partial charge on any atom is -0.465 e. The van der Waals surface area contributed by atoms with Crippen LogP contribution in [0.25, 0.3) is 11.1 Å². The van der Waals surface area contributed by atoms with Crippen LogP contribution < -0.4 is 15.4 Å². The number of nitrogens with one attached hydrogen (secondary N) is 2. The van der Waals surface area contributed by atoms with Gasteiger partial charge in [0.15, 0.2) is 0 Å². The van der Waals surface area contributed by atoms with Gasteiger partial charge in [0.1, 0.15) is 11.4 Å². The largest absolute Gasteiger partial charge is 0.573 e. The highest BCUT2D eigenvalue weighted by molar-refractivity contribution is 5.95. The topological polar surface area (TPSA) is 92.6 Å². The molecule has 0 saturated carbocycles. The van der Waals surface area contributed by atoms with Crippen molar-refractivity contribution in [3.63, 3.8) is 0 Å². The third-order valence-corrected chi connectivity index (χ3v) is 4.13. The molecule has 0 aliphatic carbocycles. The zero-order valence-corrected chi connectivity index (χ0v) is 13.9. The van der Waals surface area contributed by atoms with E-state index in [1.807, 2.05) is 0 Å². The summed E-state index contributed by atoms with van der Waals surface area (Å²) in [5.41, 5.74) is 1.39. The summed E-state index contributed by atoms with van der Waals surface area (Å²) in [6.07, 6.45) is -3.80. The number of halogens is 3. The lowest BCUT2D eigenvalue weighted by molar-refractivity contribution is -0.274. The molecule has 27 heavy (non-hydrogen) atoms. The van der Waals surface area contributed by atoms with Crippen molar-refractivity contribution in [3.8, 4) is 16.9 Å². The van der Waals surface area contributed by atoms with E-state index in [0.29, 0.717) is 29.8 Å². The number of hydrogen-bond acceptors (Lipinski definition) is 3. The number of aromatic nitrogens is 1. The number of carbonyl (C=O) groups excluding carboxylic acids is 1. The SMILES string of the molecule is O=C(O)NCCC1CNC(=O)c2cc(-c3cccc(OC(F)(F)F)c3)cn21. The molecule has 0 saturated heterocycles. The Hall–Kier alpha value is -3.17. The molecule has 3 rings (SSSR count). The Labute approximate surface area is 151 Å². The van der Waals surface area contributed by atoms with Gasteiger partial charge in [0, 0.05) is 24.8 Å². The fraction of sp³-hybridized carbons (Fsp3) is 0.294. The minimum atomic E-state index is -4.79. The molecule has 0 bridgehead atoms. The van der Waals surface area contributed by atoms with Crippen LogP contribution in [-0.4, -0.2) is 41.1 Å². The van der Waals surface area contributed by atoms with Gasteiger partial charge in [-0.25, -0.2) is 4.79 Å². The summed E-state index contributed by atoms with van der Waals surface area (Å²) in [5, 5.41) is 13.7. The van der Waals surface area contributed by atoms with Crippen LogP contribution in [-0.2, 0) is 0 Å². The Morgan fingerprint density at radius 3 is 2.81 bits per heavy atom. The van der Waals surface area contributed by atoms with Crippen molar-refractivity contribution in [2.75, 3.05) is 13.1 Å². The van der Waals surface area contributed by atoms with E-state index >= 15 is 0 Å². The van der Waals surface area contributed by atoms with Crippen LogP contribution in [0.2, 0.25) is 0 Å². The number of carbonyl (C=O) groups is 2. The molecule has 10 heteroatoms. The van der Waals surface area contributed by atoms with Crippen LogP contribution in [0.15, 0.2) is 36.5 Å². The molecule has 2 heterocycles. The van der Waals surface area contributed by atoms with E-state index in [9.17, 15) is 22.8 Å². The lowest BCUT2D eigenvalue weighted by atomic mass is 10.1. The summed E-state index contributed by atoms with van der Waals surface area (Å²) in [6.45, 7) is 0.538. The van der Waals surface area contributed by atoms with Gasteiger partial charge in [-0.05, 0) is 30.2 Å². The molecule has 1 unspecified atom stereocenters.